The first-order valence-corrected chi connectivity index (χ1v) is 7.94. The zero-order valence-corrected chi connectivity index (χ0v) is 14.3. The molecule has 0 radical (unpaired) electrons. The number of benzene rings is 2. The lowest BCUT2D eigenvalue weighted by molar-refractivity contribution is -0.384. The molecule has 0 unspecified atom stereocenters. The molecule has 0 aliphatic heterocycles. The van der Waals surface area contributed by atoms with Crippen LogP contribution in [0.4, 0.5) is 14.5 Å². The molecule has 0 spiro atoms. The van der Waals surface area contributed by atoms with Crippen LogP contribution in [0.15, 0.2) is 42.5 Å². The molecule has 0 aliphatic rings. The highest BCUT2D eigenvalue weighted by Crippen LogP contribution is 2.12. The maximum absolute atomic E-state index is 13.5. The molecular weight excluding hydrogens is 378 g/mol. The summed E-state index contributed by atoms with van der Waals surface area (Å²) in [6.45, 7) is -0.882. The van der Waals surface area contributed by atoms with Crippen molar-refractivity contribution in [3.63, 3.8) is 0 Å². The van der Waals surface area contributed by atoms with E-state index >= 15 is 0 Å². The first-order chi connectivity index (χ1) is 13.3. The Labute approximate surface area is 157 Å². The van der Waals surface area contributed by atoms with Gasteiger partial charge in [0.15, 0.2) is 6.61 Å². The highest BCUT2D eigenvalue weighted by Gasteiger charge is 2.15. The third kappa shape index (κ3) is 5.66. The van der Waals surface area contributed by atoms with Crippen LogP contribution in [0.3, 0.4) is 0 Å². The van der Waals surface area contributed by atoms with Crippen LogP contribution in [-0.4, -0.2) is 35.7 Å². The number of nitrogens with one attached hydrogen (secondary N) is 1. The van der Waals surface area contributed by atoms with Gasteiger partial charge in [0.2, 0.25) is 5.78 Å². The third-order valence-corrected chi connectivity index (χ3v) is 3.55. The van der Waals surface area contributed by atoms with Crippen molar-refractivity contribution in [3.05, 3.63) is 75.3 Å². The number of rotatable bonds is 8. The van der Waals surface area contributed by atoms with Crippen LogP contribution in [0.25, 0.3) is 0 Å². The molecule has 1 amide bonds. The minimum Gasteiger partial charge on any atom is -0.457 e. The fraction of sp³-hybridized carbons (Fsp3) is 0.167. The molecule has 0 bridgehead atoms. The van der Waals surface area contributed by atoms with Gasteiger partial charge in [0.05, 0.1) is 16.9 Å². The standard InChI is InChI=1S/C18H14F2N2O6/c19-12-3-6-15(20)14(9-12)16(23)10-28-17(24)7-8-21-18(25)11-1-4-13(5-2-11)22(26)27/h1-6,9H,7-8,10H2,(H,21,25). The van der Waals surface area contributed by atoms with Crippen LogP contribution < -0.4 is 5.32 Å². The summed E-state index contributed by atoms with van der Waals surface area (Å²) in [6.07, 6.45) is -0.266. The maximum Gasteiger partial charge on any atom is 0.308 e. The Balaban J connectivity index is 1.76. The topological polar surface area (TPSA) is 116 Å². The van der Waals surface area contributed by atoms with Gasteiger partial charge >= 0.3 is 5.97 Å². The number of nitro benzene ring substituents is 1. The summed E-state index contributed by atoms with van der Waals surface area (Å²) in [7, 11) is 0. The molecule has 0 saturated carbocycles. The summed E-state index contributed by atoms with van der Waals surface area (Å²) in [6, 6.07) is 7.20. The second-order valence-corrected chi connectivity index (χ2v) is 5.52. The molecule has 2 aromatic carbocycles. The first-order valence-electron chi connectivity index (χ1n) is 7.94. The second-order valence-electron chi connectivity index (χ2n) is 5.52. The molecule has 10 heteroatoms. The molecule has 0 fully saturated rings. The van der Waals surface area contributed by atoms with E-state index in [0.29, 0.717) is 6.07 Å². The monoisotopic (exact) mass is 392 g/mol. The van der Waals surface area contributed by atoms with Gasteiger partial charge in [0.1, 0.15) is 11.6 Å². The zero-order valence-electron chi connectivity index (χ0n) is 14.3. The highest BCUT2D eigenvalue weighted by atomic mass is 19.1. The van der Waals surface area contributed by atoms with Crippen LogP contribution in [0.5, 0.6) is 0 Å². The summed E-state index contributed by atoms with van der Waals surface area (Å²) >= 11 is 0. The van der Waals surface area contributed by atoms with Gasteiger partial charge in [-0.1, -0.05) is 0 Å². The van der Waals surface area contributed by atoms with Crippen molar-refractivity contribution < 1.29 is 32.8 Å². The molecular formula is C18H14F2N2O6. The van der Waals surface area contributed by atoms with E-state index in [9.17, 15) is 33.3 Å². The molecule has 0 heterocycles. The molecule has 2 aromatic rings. The van der Waals surface area contributed by atoms with E-state index in [1.54, 1.807) is 0 Å². The largest absolute Gasteiger partial charge is 0.457 e. The van der Waals surface area contributed by atoms with E-state index in [-0.39, 0.29) is 24.2 Å². The zero-order chi connectivity index (χ0) is 20.7. The SMILES string of the molecule is O=C(CCNC(=O)c1ccc([N+](=O)[O-])cc1)OCC(=O)c1cc(F)ccc1F. The fourth-order valence-electron chi connectivity index (χ4n) is 2.12. The predicted octanol–water partition coefficient (Wildman–Crippen LogP) is 2.42. The Morgan fingerprint density at radius 2 is 1.75 bits per heavy atom. The summed E-state index contributed by atoms with van der Waals surface area (Å²) in [5, 5.41) is 13.0. The van der Waals surface area contributed by atoms with Gasteiger partial charge in [-0.25, -0.2) is 8.78 Å². The second kappa shape index (κ2) is 9.31. The smallest absolute Gasteiger partial charge is 0.308 e. The quantitative estimate of drug-likeness (QED) is 0.319. The van der Waals surface area contributed by atoms with E-state index < -0.39 is 46.4 Å². The van der Waals surface area contributed by atoms with Gasteiger partial charge in [0, 0.05) is 24.2 Å². The van der Waals surface area contributed by atoms with Gasteiger partial charge in [-0.15, -0.1) is 0 Å². The number of ether oxygens (including phenoxy) is 1. The molecule has 0 aliphatic carbocycles. The number of carbonyl (C=O) groups excluding carboxylic acids is 3. The lowest BCUT2D eigenvalue weighted by Gasteiger charge is -2.07. The van der Waals surface area contributed by atoms with Crippen molar-refractivity contribution in [2.75, 3.05) is 13.2 Å². The van der Waals surface area contributed by atoms with Crippen LogP contribution in [0.2, 0.25) is 0 Å². The Hall–Kier alpha value is -3.69. The minimum atomic E-state index is -0.933. The number of nitrogens with zero attached hydrogens (tertiary/aromatic N) is 1. The Bertz CT molecular complexity index is 915. The van der Waals surface area contributed by atoms with Crippen LogP contribution in [0.1, 0.15) is 27.1 Å². The van der Waals surface area contributed by atoms with E-state index in [4.69, 9.17) is 0 Å². The number of hydrogen-bond donors (Lipinski definition) is 1. The van der Waals surface area contributed by atoms with Crippen molar-refractivity contribution >= 4 is 23.3 Å². The van der Waals surface area contributed by atoms with E-state index in [0.717, 1.165) is 12.1 Å². The summed E-state index contributed by atoms with van der Waals surface area (Å²) in [5.74, 6) is -4.02. The molecule has 1 N–H and O–H groups in total. The van der Waals surface area contributed by atoms with Crippen molar-refractivity contribution in [3.8, 4) is 0 Å². The molecule has 28 heavy (non-hydrogen) atoms. The number of carbonyl (C=O) groups is 3. The van der Waals surface area contributed by atoms with Crippen LogP contribution >= 0.6 is 0 Å². The Kier molecular flexibility index (Phi) is 6.85. The average Bonchev–Trinajstić information content (AvgIpc) is 2.67. The number of esters is 1. The maximum atomic E-state index is 13.5. The number of amides is 1. The van der Waals surface area contributed by atoms with Crippen molar-refractivity contribution in [1.82, 2.24) is 5.32 Å². The molecule has 0 saturated heterocycles. The molecule has 8 nitrogen and oxygen atoms in total. The van der Waals surface area contributed by atoms with Crippen molar-refractivity contribution in [1.29, 1.82) is 0 Å². The van der Waals surface area contributed by atoms with Gasteiger partial charge in [0.25, 0.3) is 11.6 Å². The normalized spacial score (nSPS) is 10.2. The highest BCUT2D eigenvalue weighted by molar-refractivity contribution is 5.98. The van der Waals surface area contributed by atoms with Crippen molar-refractivity contribution in [2.45, 2.75) is 6.42 Å². The van der Waals surface area contributed by atoms with Gasteiger partial charge < -0.3 is 10.1 Å². The number of non-ortho nitro benzene ring substituents is 1. The number of ketones is 1. The van der Waals surface area contributed by atoms with Gasteiger partial charge in [-0.05, 0) is 30.3 Å². The predicted molar refractivity (Wildman–Crippen MR) is 91.7 cm³/mol. The Morgan fingerprint density at radius 1 is 1.07 bits per heavy atom. The van der Waals surface area contributed by atoms with E-state index in [1.165, 1.54) is 24.3 Å². The first kappa shape index (κ1) is 20.6. The summed E-state index contributed by atoms with van der Waals surface area (Å²) < 4.78 is 31.2. The Morgan fingerprint density at radius 3 is 2.39 bits per heavy atom. The minimum absolute atomic E-state index is 0.114. The number of hydrogen-bond acceptors (Lipinski definition) is 6. The summed E-state index contributed by atoms with van der Waals surface area (Å²) in [5.41, 5.74) is -0.533. The van der Waals surface area contributed by atoms with Crippen LogP contribution in [0, 0.1) is 21.7 Å². The third-order valence-electron chi connectivity index (χ3n) is 3.55. The lowest BCUT2D eigenvalue weighted by atomic mass is 10.1. The van der Waals surface area contributed by atoms with Gasteiger partial charge in [-0.2, -0.15) is 0 Å². The van der Waals surface area contributed by atoms with Crippen LogP contribution in [-0.2, 0) is 9.53 Å². The molecule has 2 rings (SSSR count). The number of halogens is 2. The lowest BCUT2D eigenvalue weighted by Crippen LogP contribution is -2.27. The van der Waals surface area contributed by atoms with Gasteiger partial charge in [-0.3, -0.25) is 24.5 Å². The summed E-state index contributed by atoms with van der Waals surface area (Å²) in [4.78, 5) is 45.2. The van der Waals surface area contributed by atoms with E-state index in [1.807, 2.05) is 0 Å². The fourth-order valence-corrected chi connectivity index (χ4v) is 2.12. The molecule has 0 atom stereocenters. The number of Topliss-reactive ketones (excluding diaryl/α,β-unsaturated/α-hetero) is 1. The van der Waals surface area contributed by atoms with Crippen molar-refractivity contribution in [2.24, 2.45) is 0 Å². The molecule has 0 aromatic heterocycles. The van der Waals surface area contributed by atoms with E-state index in [2.05, 4.69) is 10.1 Å². The average molecular weight is 392 g/mol. The molecule has 146 valence electrons. The number of nitro groups is 1.